The number of carbonyl (C=O) groups is 2. The Hall–Kier alpha value is -2.55. The molecule has 2 aromatic rings. The first kappa shape index (κ1) is 24.7. The summed E-state index contributed by atoms with van der Waals surface area (Å²) in [6, 6.07) is 5.02. The number of fused-ring (bicyclic) bond motifs is 1. The normalized spacial score (nSPS) is 12.7. The molecule has 0 amide bonds. The lowest BCUT2D eigenvalue weighted by Crippen LogP contribution is -3.00. The number of benzene rings is 1. The van der Waals surface area contributed by atoms with Crippen LogP contribution in [0, 0.1) is 0 Å². The predicted octanol–water partition coefficient (Wildman–Crippen LogP) is -0.0638. The molecule has 0 saturated heterocycles. The number of esters is 2. The average molecular weight is 497 g/mol. The number of nitrogens with zero attached hydrogens (tertiary/aromatic N) is 2. The molecule has 1 atom stereocenters. The number of ether oxygens (including phenoxy) is 4. The van der Waals surface area contributed by atoms with Crippen molar-refractivity contribution in [2.45, 2.75) is 58.7 Å². The Labute approximate surface area is 192 Å². The summed E-state index contributed by atoms with van der Waals surface area (Å²) in [5.74, 6) is -0.0195. The zero-order valence-corrected chi connectivity index (χ0v) is 19.5. The molecule has 2 heterocycles. The standard InChI is InChI=1S/C22H29N2O6.BrH/c1-3-5-9-23-10-11-24(15-23)14-20(25)30-21(22(26)27-12-6-4-2)17-7-8-18-19(13-17)29-16-28-18;/h7-8,10-11,13,15,21H,3-6,9,12,14,16H2,1-2H3;1H/q+1;/p-1. The van der Waals surface area contributed by atoms with E-state index in [-0.39, 0.29) is 36.9 Å². The highest BCUT2D eigenvalue weighted by molar-refractivity contribution is 5.80. The van der Waals surface area contributed by atoms with Gasteiger partial charge in [0.1, 0.15) is 12.4 Å². The number of rotatable bonds is 11. The van der Waals surface area contributed by atoms with Crippen LogP contribution in [-0.2, 0) is 32.2 Å². The van der Waals surface area contributed by atoms with Gasteiger partial charge in [0, 0.05) is 5.56 Å². The highest BCUT2D eigenvalue weighted by Crippen LogP contribution is 2.35. The second-order valence-corrected chi connectivity index (χ2v) is 7.18. The zero-order chi connectivity index (χ0) is 21.3. The van der Waals surface area contributed by atoms with Crippen molar-refractivity contribution >= 4 is 11.9 Å². The summed E-state index contributed by atoms with van der Waals surface area (Å²) in [4.78, 5) is 25.2. The molecule has 1 aromatic heterocycles. The molecule has 0 aliphatic carbocycles. The second kappa shape index (κ2) is 12.3. The number of imidazole rings is 1. The van der Waals surface area contributed by atoms with Crippen LogP contribution in [0.5, 0.6) is 11.5 Å². The highest BCUT2D eigenvalue weighted by atomic mass is 79.9. The van der Waals surface area contributed by atoms with Gasteiger partial charge in [-0.05, 0) is 25.0 Å². The van der Waals surface area contributed by atoms with Crippen LogP contribution in [0.15, 0.2) is 36.9 Å². The Morgan fingerprint density at radius 2 is 1.94 bits per heavy atom. The van der Waals surface area contributed by atoms with Gasteiger partial charge >= 0.3 is 11.9 Å². The Bertz CT molecular complexity index is 869. The van der Waals surface area contributed by atoms with Crippen molar-refractivity contribution in [3.8, 4) is 11.5 Å². The first-order valence-corrected chi connectivity index (χ1v) is 10.4. The van der Waals surface area contributed by atoms with Crippen molar-refractivity contribution in [3.05, 3.63) is 42.5 Å². The molecule has 0 spiro atoms. The van der Waals surface area contributed by atoms with E-state index in [1.54, 1.807) is 22.8 Å². The summed E-state index contributed by atoms with van der Waals surface area (Å²) in [6.45, 7) is 5.43. The minimum absolute atomic E-state index is 0. The number of unbranched alkanes of at least 4 members (excludes halogenated alkanes) is 2. The molecule has 0 fully saturated rings. The van der Waals surface area contributed by atoms with Crippen molar-refractivity contribution in [1.82, 2.24) is 4.57 Å². The third-order valence-corrected chi connectivity index (χ3v) is 4.73. The predicted molar refractivity (Wildman–Crippen MR) is 107 cm³/mol. The lowest BCUT2D eigenvalue weighted by molar-refractivity contribution is -0.685. The first-order valence-electron chi connectivity index (χ1n) is 10.4. The summed E-state index contributed by atoms with van der Waals surface area (Å²) in [5, 5.41) is 0. The van der Waals surface area contributed by atoms with Crippen molar-refractivity contribution in [1.29, 1.82) is 0 Å². The third kappa shape index (κ3) is 6.99. The molecule has 31 heavy (non-hydrogen) atoms. The Morgan fingerprint density at radius 1 is 1.16 bits per heavy atom. The van der Waals surface area contributed by atoms with E-state index in [0.717, 1.165) is 32.2 Å². The first-order chi connectivity index (χ1) is 14.6. The maximum atomic E-state index is 12.6. The molecule has 8 nitrogen and oxygen atoms in total. The molecule has 0 N–H and O–H groups in total. The van der Waals surface area contributed by atoms with Gasteiger partial charge in [-0.15, -0.1) is 0 Å². The van der Waals surface area contributed by atoms with Crippen molar-refractivity contribution in [2.24, 2.45) is 0 Å². The van der Waals surface area contributed by atoms with Gasteiger partial charge in [0.2, 0.25) is 19.2 Å². The van der Waals surface area contributed by atoms with Crippen LogP contribution >= 0.6 is 0 Å². The number of aryl methyl sites for hydroxylation is 1. The Morgan fingerprint density at radius 3 is 2.71 bits per heavy atom. The molecule has 0 radical (unpaired) electrons. The Kier molecular flexibility index (Phi) is 9.84. The number of hydrogen-bond acceptors (Lipinski definition) is 6. The van der Waals surface area contributed by atoms with Gasteiger partial charge in [-0.25, -0.2) is 18.7 Å². The van der Waals surface area contributed by atoms with E-state index < -0.39 is 18.0 Å². The molecule has 1 aliphatic rings. The van der Waals surface area contributed by atoms with Gasteiger partial charge < -0.3 is 35.9 Å². The van der Waals surface area contributed by atoms with Crippen LogP contribution in [-0.4, -0.2) is 29.9 Å². The molecular weight excluding hydrogens is 468 g/mol. The second-order valence-electron chi connectivity index (χ2n) is 7.18. The minimum Gasteiger partial charge on any atom is -1.00 e. The van der Waals surface area contributed by atoms with Gasteiger partial charge in [-0.1, -0.05) is 32.8 Å². The summed E-state index contributed by atoms with van der Waals surface area (Å²) in [7, 11) is 0. The topological polar surface area (TPSA) is 79.9 Å². The van der Waals surface area contributed by atoms with E-state index in [4.69, 9.17) is 18.9 Å². The Balaban J connectivity index is 0.00000341. The number of aromatic nitrogens is 2. The van der Waals surface area contributed by atoms with E-state index in [2.05, 4.69) is 6.92 Å². The van der Waals surface area contributed by atoms with E-state index in [1.165, 1.54) is 0 Å². The monoisotopic (exact) mass is 496 g/mol. The molecule has 0 saturated carbocycles. The number of halogens is 1. The van der Waals surface area contributed by atoms with E-state index in [9.17, 15) is 9.59 Å². The average Bonchev–Trinajstić information content (AvgIpc) is 3.39. The minimum atomic E-state index is -1.16. The zero-order valence-electron chi connectivity index (χ0n) is 17.9. The quantitative estimate of drug-likeness (QED) is 0.246. The summed E-state index contributed by atoms with van der Waals surface area (Å²) < 4.78 is 25.3. The lowest BCUT2D eigenvalue weighted by Gasteiger charge is -2.17. The van der Waals surface area contributed by atoms with Crippen molar-refractivity contribution in [2.75, 3.05) is 13.4 Å². The SMILES string of the molecule is CCCCOC(=O)C(OC(=O)C[n+]1ccn(CCCC)c1)c1ccc2c(c1)OCO2.[Br-]. The fraction of sp³-hybridized carbons (Fsp3) is 0.500. The van der Waals surface area contributed by atoms with E-state index in [1.807, 2.05) is 30.2 Å². The number of carbonyl (C=O) groups excluding carboxylic acids is 2. The van der Waals surface area contributed by atoms with Crippen LogP contribution < -0.4 is 31.0 Å². The fourth-order valence-corrected chi connectivity index (χ4v) is 3.04. The molecule has 9 heteroatoms. The molecule has 3 rings (SSSR count). The van der Waals surface area contributed by atoms with E-state index in [0.29, 0.717) is 17.1 Å². The molecule has 1 aliphatic heterocycles. The lowest BCUT2D eigenvalue weighted by atomic mass is 10.1. The van der Waals surface area contributed by atoms with Crippen LogP contribution in [0.1, 0.15) is 51.2 Å². The van der Waals surface area contributed by atoms with Gasteiger partial charge in [0.25, 0.3) is 0 Å². The van der Waals surface area contributed by atoms with Crippen molar-refractivity contribution < 1.29 is 50.1 Å². The largest absolute Gasteiger partial charge is 1.00 e. The maximum Gasteiger partial charge on any atom is 0.352 e. The smallest absolute Gasteiger partial charge is 0.352 e. The highest BCUT2D eigenvalue weighted by Gasteiger charge is 2.29. The molecule has 170 valence electrons. The summed E-state index contributed by atoms with van der Waals surface area (Å²) in [6.07, 6.45) is 8.22. The van der Waals surface area contributed by atoms with Gasteiger partial charge in [-0.3, -0.25) is 0 Å². The molecule has 1 aromatic carbocycles. The third-order valence-electron chi connectivity index (χ3n) is 4.73. The van der Waals surface area contributed by atoms with Gasteiger partial charge in [-0.2, -0.15) is 0 Å². The number of hydrogen-bond donors (Lipinski definition) is 0. The maximum absolute atomic E-state index is 12.6. The summed E-state index contributed by atoms with van der Waals surface area (Å²) >= 11 is 0. The fourth-order valence-electron chi connectivity index (χ4n) is 3.04. The van der Waals surface area contributed by atoms with Crippen LogP contribution in [0.25, 0.3) is 0 Å². The molecule has 1 unspecified atom stereocenters. The van der Waals surface area contributed by atoms with Crippen molar-refractivity contribution in [3.63, 3.8) is 0 Å². The van der Waals surface area contributed by atoms with Crippen LogP contribution in [0.3, 0.4) is 0 Å². The van der Waals surface area contributed by atoms with Gasteiger partial charge in [0.05, 0.1) is 13.2 Å². The van der Waals surface area contributed by atoms with E-state index >= 15 is 0 Å². The molecule has 0 bridgehead atoms. The summed E-state index contributed by atoms with van der Waals surface area (Å²) in [5.41, 5.74) is 0.486. The van der Waals surface area contributed by atoms with Gasteiger partial charge in [0.15, 0.2) is 18.0 Å². The van der Waals surface area contributed by atoms with Crippen LogP contribution in [0.2, 0.25) is 0 Å². The molecular formula is C22H29BrN2O6. The van der Waals surface area contributed by atoms with Crippen LogP contribution in [0.4, 0.5) is 0 Å².